The van der Waals surface area contributed by atoms with E-state index < -0.39 is 24.8 Å². The minimum Gasteiger partial charge on any atom is -0.481 e. The molecule has 0 radical (unpaired) electrons. The lowest BCUT2D eigenvalue weighted by Crippen LogP contribution is -2.39. The van der Waals surface area contributed by atoms with Gasteiger partial charge in [-0.25, -0.2) is 4.39 Å². The third-order valence-electron chi connectivity index (χ3n) is 5.66. The lowest BCUT2D eigenvalue weighted by molar-refractivity contribution is -0.144. The van der Waals surface area contributed by atoms with Gasteiger partial charge in [0.1, 0.15) is 5.82 Å². The van der Waals surface area contributed by atoms with E-state index in [-0.39, 0.29) is 23.3 Å². The average Bonchev–Trinajstić information content (AvgIpc) is 2.63. The Labute approximate surface area is 165 Å². The first kappa shape index (κ1) is 22.1. The van der Waals surface area contributed by atoms with Crippen LogP contribution in [0.15, 0.2) is 18.2 Å². The van der Waals surface area contributed by atoms with Crippen LogP contribution in [-0.4, -0.2) is 46.2 Å². The summed E-state index contributed by atoms with van der Waals surface area (Å²) in [5.74, 6) is -1.46. The number of benzene rings is 1. The molecular weight excluding hydrogens is 371 g/mol. The van der Waals surface area contributed by atoms with Gasteiger partial charge >= 0.3 is 13.1 Å². The number of halogens is 2. The van der Waals surface area contributed by atoms with E-state index in [1.807, 2.05) is 0 Å². The summed E-state index contributed by atoms with van der Waals surface area (Å²) in [6.45, 7) is 3.64. The number of rotatable bonds is 9. The summed E-state index contributed by atoms with van der Waals surface area (Å²) < 4.78 is 13.4. The minimum absolute atomic E-state index is 0.0957. The highest BCUT2D eigenvalue weighted by Crippen LogP contribution is 2.33. The van der Waals surface area contributed by atoms with E-state index in [1.165, 1.54) is 6.07 Å². The Balaban J connectivity index is 1.88. The molecule has 1 saturated heterocycles. The SMILES string of the molecule is CC(c1ccc(F)c(Cl)c1)N1CCC(C(CCCCB(O)O)C(=O)O)CC1. The van der Waals surface area contributed by atoms with Gasteiger partial charge in [-0.05, 0) is 69.2 Å². The molecule has 1 fully saturated rings. The average molecular weight is 400 g/mol. The normalized spacial score (nSPS) is 18.3. The van der Waals surface area contributed by atoms with Crippen LogP contribution in [0.4, 0.5) is 4.39 Å². The highest BCUT2D eigenvalue weighted by molar-refractivity contribution is 6.40. The van der Waals surface area contributed by atoms with E-state index in [9.17, 15) is 14.3 Å². The molecule has 5 nitrogen and oxygen atoms in total. The smallest absolute Gasteiger partial charge is 0.451 e. The zero-order chi connectivity index (χ0) is 20.0. The van der Waals surface area contributed by atoms with Gasteiger partial charge in [0, 0.05) is 6.04 Å². The topological polar surface area (TPSA) is 81.0 Å². The van der Waals surface area contributed by atoms with Gasteiger partial charge in [0.2, 0.25) is 0 Å². The van der Waals surface area contributed by atoms with Crippen molar-refractivity contribution in [3.05, 3.63) is 34.6 Å². The Bertz CT molecular complexity index is 626. The fraction of sp³-hybridized carbons (Fsp3) is 0.632. The van der Waals surface area contributed by atoms with Crippen molar-refractivity contribution >= 4 is 24.7 Å². The Kier molecular flexibility index (Phi) is 8.54. The zero-order valence-corrected chi connectivity index (χ0v) is 16.4. The van der Waals surface area contributed by atoms with Gasteiger partial charge in [0.05, 0.1) is 10.9 Å². The number of carboxylic acid groups (broad SMARTS) is 1. The molecule has 2 rings (SSSR count). The maximum absolute atomic E-state index is 13.4. The molecule has 0 amide bonds. The predicted octanol–water partition coefficient (Wildman–Crippen LogP) is 3.60. The molecule has 1 heterocycles. The predicted molar refractivity (Wildman–Crippen MR) is 104 cm³/mol. The number of hydrogen-bond acceptors (Lipinski definition) is 4. The number of carboxylic acids is 1. The monoisotopic (exact) mass is 399 g/mol. The molecule has 1 aromatic carbocycles. The summed E-state index contributed by atoms with van der Waals surface area (Å²) >= 11 is 5.89. The van der Waals surface area contributed by atoms with Crippen LogP contribution in [-0.2, 0) is 4.79 Å². The van der Waals surface area contributed by atoms with Crippen LogP contribution in [0.1, 0.15) is 50.6 Å². The van der Waals surface area contributed by atoms with Gasteiger partial charge in [-0.15, -0.1) is 0 Å². The number of aliphatic carboxylic acids is 1. The van der Waals surface area contributed by atoms with Crippen molar-refractivity contribution in [3.8, 4) is 0 Å². The Morgan fingerprint density at radius 1 is 1.33 bits per heavy atom. The summed E-state index contributed by atoms with van der Waals surface area (Å²) in [6.07, 6.45) is 3.75. The Morgan fingerprint density at radius 3 is 2.56 bits per heavy atom. The molecule has 0 saturated carbocycles. The van der Waals surface area contributed by atoms with Crippen molar-refractivity contribution in [3.63, 3.8) is 0 Å². The number of nitrogens with zero attached hydrogens (tertiary/aromatic N) is 1. The van der Waals surface area contributed by atoms with Gasteiger partial charge < -0.3 is 15.2 Å². The van der Waals surface area contributed by atoms with Crippen molar-refractivity contribution in [2.75, 3.05) is 13.1 Å². The largest absolute Gasteiger partial charge is 0.481 e. The fourth-order valence-electron chi connectivity index (χ4n) is 3.94. The lowest BCUT2D eigenvalue weighted by Gasteiger charge is -2.38. The van der Waals surface area contributed by atoms with Crippen molar-refractivity contribution in [2.24, 2.45) is 11.8 Å². The number of unbranched alkanes of at least 4 members (excludes halogenated alkanes) is 1. The first-order valence-corrected chi connectivity index (χ1v) is 9.95. The molecule has 1 aliphatic rings. The summed E-state index contributed by atoms with van der Waals surface area (Å²) in [4.78, 5) is 13.9. The van der Waals surface area contributed by atoms with E-state index in [0.717, 1.165) is 31.5 Å². The molecule has 0 bridgehead atoms. The van der Waals surface area contributed by atoms with Crippen molar-refractivity contribution in [2.45, 2.75) is 51.4 Å². The Hall–Kier alpha value is -1.15. The molecule has 8 heteroatoms. The first-order valence-electron chi connectivity index (χ1n) is 9.57. The second kappa shape index (κ2) is 10.4. The van der Waals surface area contributed by atoms with Crippen LogP contribution in [0.3, 0.4) is 0 Å². The molecule has 0 aromatic heterocycles. The highest BCUT2D eigenvalue weighted by Gasteiger charge is 2.32. The Morgan fingerprint density at radius 2 is 2.00 bits per heavy atom. The quantitative estimate of drug-likeness (QED) is 0.437. The van der Waals surface area contributed by atoms with E-state index in [2.05, 4.69) is 11.8 Å². The molecular formula is C19H28BClFNO4. The zero-order valence-electron chi connectivity index (χ0n) is 15.7. The van der Waals surface area contributed by atoms with Crippen LogP contribution >= 0.6 is 11.6 Å². The third-order valence-corrected chi connectivity index (χ3v) is 5.95. The maximum Gasteiger partial charge on any atom is 0.451 e. The number of piperidine rings is 1. The van der Waals surface area contributed by atoms with Gasteiger partial charge in [-0.2, -0.15) is 0 Å². The number of likely N-dealkylation sites (tertiary alicyclic amines) is 1. The molecule has 150 valence electrons. The lowest BCUT2D eigenvalue weighted by atomic mass is 9.78. The molecule has 2 unspecified atom stereocenters. The van der Waals surface area contributed by atoms with Gasteiger partial charge in [-0.1, -0.05) is 30.5 Å². The maximum atomic E-state index is 13.4. The van der Waals surface area contributed by atoms with E-state index in [4.69, 9.17) is 21.6 Å². The number of carbonyl (C=O) groups is 1. The number of hydrogen-bond donors (Lipinski definition) is 3. The summed E-state index contributed by atoms with van der Waals surface area (Å²) in [7, 11) is -1.32. The van der Waals surface area contributed by atoms with Crippen molar-refractivity contribution < 1.29 is 24.3 Å². The van der Waals surface area contributed by atoms with Crippen LogP contribution in [0.5, 0.6) is 0 Å². The van der Waals surface area contributed by atoms with Crippen molar-refractivity contribution in [1.82, 2.24) is 4.90 Å². The minimum atomic E-state index is -1.32. The van der Waals surface area contributed by atoms with Crippen LogP contribution in [0.2, 0.25) is 11.3 Å². The van der Waals surface area contributed by atoms with Gasteiger partial charge in [0.25, 0.3) is 0 Å². The summed E-state index contributed by atoms with van der Waals surface area (Å²) in [5.41, 5.74) is 0.956. The van der Waals surface area contributed by atoms with E-state index in [1.54, 1.807) is 12.1 Å². The molecule has 0 spiro atoms. The first-order chi connectivity index (χ1) is 12.8. The summed E-state index contributed by atoms with van der Waals surface area (Å²) in [5, 5.41) is 27.5. The van der Waals surface area contributed by atoms with Crippen LogP contribution in [0, 0.1) is 17.7 Å². The fourth-order valence-corrected chi connectivity index (χ4v) is 4.13. The molecule has 0 aliphatic carbocycles. The van der Waals surface area contributed by atoms with Crippen molar-refractivity contribution in [1.29, 1.82) is 0 Å². The van der Waals surface area contributed by atoms with Gasteiger partial charge in [-0.3, -0.25) is 9.69 Å². The molecule has 2 atom stereocenters. The second-order valence-corrected chi connectivity index (χ2v) is 7.84. The van der Waals surface area contributed by atoms with Crippen LogP contribution < -0.4 is 0 Å². The second-order valence-electron chi connectivity index (χ2n) is 7.43. The van der Waals surface area contributed by atoms with E-state index >= 15 is 0 Å². The van der Waals surface area contributed by atoms with Gasteiger partial charge in [0.15, 0.2) is 0 Å². The molecule has 1 aromatic rings. The van der Waals surface area contributed by atoms with Crippen LogP contribution in [0.25, 0.3) is 0 Å². The summed E-state index contributed by atoms with van der Waals surface area (Å²) in [6, 6.07) is 4.88. The molecule has 3 N–H and O–H groups in total. The van der Waals surface area contributed by atoms with E-state index in [0.29, 0.717) is 19.3 Å². The molecule has 27 heavy (non-hydrogen) atoms. The standard InChI is InChI=1S/C19H28BClFNO4/c1-13(15-5-6-18(22)17(21)12-15)23-10-7-14(8-11-23)16(19(24)25)4-2-3-9-20(26)27/h5-6,12-14,16,26-27H,2-4,7-11H2,1H3,(H,24,25). The third kappa shape index (κ3) is 6.45. The molecule has 1 aliphatic heterocycles. The highest BCUT2D eigenvalue weighted by atomic mass is 35.5.